The standard InChI is InChI=1S/2C26H32F3N3O3.CH4/c2*1-5-33-16-34-21-10-11-22-23(13-21)32(19-12-17(2)14-25(3,4)15-19)24(31-22)30-18-6-8-20(9-7-18)35-26(27,28)29;/h2*6-11,13,17,19H,5,12,14-16H2,1-4H3,(H,30,31);1H4/t2*17-,19+;/m10./s1. The largest absolute Gasteiger partial charge is 0.573 e. The number of fused-ring (bicyclic) bond motifs is 2. The van der Waals surface area contributed by atoms with Crippen LogP contribution in [0.3, 0.4) is 0 Å². The fourth-order valence-corrected chi connectivity index (χ4v) is 10.3. The van der Waals surface area contributed by atoms with E-state index in [1.54, 1.807) is 24.3 Å². The summed E-state index contributed by atoms with van der Waals surface area (Å²) < 4.78 is 110. The van der Waals surface area contributed by atoms with Gasteiger partial charge >= 0.3 is 12.7 Å². The highest BCUT2D eigenvalue weighted by Gasteiger charge is 2.37. The van der Waals surface area contributed by atoms with Crippen LogP contribution in [0.4, 0.5) is 49.6 Å². The van der Waals surface area contributed by atoms with Gasteiger partial charge in [0.05, 0.1) is 22.1 Å². The fraction of sp³-hybridized carbons (Fsp3) is 0.509. The molecule has 2 aromatic heterocycles. The summed E-state index contributed by atoms with van der Waals surface area (Å²) in [6.07, 6.45) is -3.16. The van der Waals surface area contributed by atoms with Gasteiger partial charge in [0.2, 0.25) is 11.9 Å². The molecule has 71 heavy (non-hydrogen) atoms. The van der Waals surface area contributed by atoms with Crippen molar-refractivity contribution in [2.24, 2.45) is 22.7 Å². The second kappa shape index (κ2) is 22.7. The van der Waals surface area contributed by atoms with Crippen LogP contribution in [0.15, 0.2) is 84.9 Å². The molecule has 2 fully saturated rings. The van der Waals surface area contributed by atoms with Crippen molar-refractivity contribution in [1.82, 2.24) is 19.1 Å². The summed E-state index contributed by atoms with van der Waals surface area (Å²) in [4.78, 5) is 9.66. The molecule has 4 atom stereocenters. The first-order valence-corrected chi connectivity index (χ1v) is 23.8. The van der Waals surface area contributed by atoms with Crippen LogP contribution in [0.5, 0.6) is 23.0 Å². The first-order chi connectivity index (χ1) is 33.1. The predicted octanol–water partition coefficient (Wildman–Crippen LogP) is 15.5. The van der Waals surface area contributed by atoms with Gasteiger partial charge in [0.25, 0.3) is 0 Å². The van der Waals surface area contributed by atoms with Crippen LogP contribution in [0.1, 0.15) is 113 Å². The summed E-state index contributed by atoms with van der Waals surface area (Å²) in [6.45, 7) is 19.0. The smallest absolute Gasteiger partial charge is 0.467 e. The Labute approximate surface area is 412 Å². The number of imidazole rings is 2. The second-order valence-electron chi connectivity index (χ2n) is 20.0. The number of hydrogen-bond donors (Lipinski definition) is 2. The molecule has 12 nitrogen and oxygen atoms in total. The number of ether oxygens (including phenoxy) is 6. The summed E-state index contributed by atoms with van der Waals surface area (Å²) in [5.41, 5.74) is 5.08. The van der Waals surface area contributed by atoms with Crippen LogP contribution >= 0.6 is 0 Å². The Morgan fingerprint density at radius 1 is 0.549 bits per heavy atom. The molecular weight excluding hydrogens is 931 g/mol. The zero-order valence-corrected chi connectivity index (χ0v) is 41.0. The monoisotopic (exact) mass is 999 g/mol. The van der Waals surface area contributed by atoms with Gasteiger partial charge in [-0.3, -0.25) is 0 Å². The van der Waals surface area contributed by atoms with Crippen LogP contribution in [0.2, 0.25) is 0 Å². The normalized spacial score (nSPS) is 19.8. The third-order valence-electron chi connectivity index (χ3n) is 12.5. The number of halogens is 6. The number of rotatable bonds is 16. The van der Waals surface area contributed by atoms with Crippen LogP contribution in [0, 0.1) is 22.7 Å². The molecule has 0 aliphatic heterocycles. The van der Waals surface area contributed by atoms with Gasteiger partial charge in [-0.05, 0) is 148 Å². The van der Waals surface area contributed by atoms with Crippen molar-refractivity contribution in [2.45, 2.75) is 126 Å². The maximum Gasteiger partial charge on any atom is 0.573 e. The van der Waals surface area contributed by atoms with Gasteiger partial charge in [-0.15, -0.1) is 26.3 Å². The Morgan fingerprint density at radius 3 is 1.23 bits per heavy atom. The van der Waals surface area contributed by atoms with Crippen molar-refractivity contribution in [2.75, 3.05) is 37.4 Å². The molecule has 2 heterocycles. The van der Waals surface area contributed by atoms with Gasteiger partial charge < -0.3 is 48.2 Å². The summed E-state index contributed by atoms with van der Waals surface area (Å²) in [6, 6.07) is 23.2. The van der Waals surface area contributed by atoms with Crippen LogP contribution in [0.25, 0.3) is 22.1 Å². The number of anilines is 4. The molecule has 4 aromatic carbocycles. The molecule has 0 bridgehead atoms. The molecule has 0 spiro atoms. The van der Waals surface area contributed by atoms with Crippen molar-refractivity contribution >= 4 is 45.3 Å². The Morgan fingerprint density at radius 2 is 0.901 bits per heavy atom. The number of nitrogens with zero attached hydrogens (tertiary/aromatic N) is 4. The minimum atomic E-state index is -4.73. The zero-order valence-electron chi connectivity index (χ0n) is 41.0. The van der Waals surface area contributed by atoms with E-state index in [1.165, 1.54) is 24.3 Å². The number of benzene rings is 4. The Bertz CT molecular complexity index is 2470. The van der Waals surface area contributed by atoms with Gasteiger partial charge in [-0.1, -0.05) is 49.0 Å². The highest BCUT2D eigenvalue weighted by molar-refractivity contribution is 5.82. The van der Waals surface area contributed by atoms with Crippen molar-refractivity contribution < 1.29 is 54.8 Å². The first-order valence-electron chi connectivity index (χ1n) is 23.8. The average molecular weight is 999 g/mol. The molecule has 2 aliphatic rings. The predicted molar refractivity (Wildman–Crippen MR) is 265 cm³/mol. The highest BCUT2D eigenvalue weighted by atomic mass is 19.4. The summed E-state index contributed by atoms with van der Waals surface area (Å²) >= 11 is 0. The Balaban J connectivity index is 0.000000229. The van der Waals surface area contributed by atoms with Gasteiger partial charge in [0.1, 0.15) is 23.0 Å². The van der Waals surface area contributed by atoms with Gasteiger partial charge in [0.15, 0.2) is 13.6 Å². The molecule has 0 radical (unpaired) electrons. The molecule has 2 N–H and O–H groups in total. The lowest BCUT2D eigenvalue weighted by Gasteiger charge is -2.40. The van der Waals surface area contributed by atoms with E-state index in [4.69, 9.17) is 28.9 Å². The van der Waals surface area contributed by atoms with Crippen molar-refractivity contribution in [3.05, 3.63) is 84.9 Å². The zero-order chi connectivity index (χ0) is 50.4. The lowest BCUT2D eigenvalue weighted by atomic mass is 9.70. The van der Waals surface area contributed by atoms with E-state index in [1.807, 2.05) is 50.2 Å². The molecular formula is C53H68F6N6O6. The summed E-state index contributed by atoms with van der Waals surface area (Å²) in [7, 11) is 0. The molecule has 18 heteroatoms. The van der Waals surface area contributed by atoms with E-state index in [0.717, 1.165) is 60.6 Å². The van der Waals surface area contributed by atoms with Gasteiger partial charge in [-0.2, -0.15) is 0 Å². The summed E-state index contributed by atoms with van der Waals surface area (Å²) in [5, 5.41) is 6.63. The second-order valence-corrected chi connectivity index (χ2v) is 20.0. The highest BCUT2D eigenvalue weighted by Crippen LogP contribution is 2.48. The lowest BCUT2D eigenvalue weighted by molar-refractivity contribution is -0.275. The fourth-order valence-electron chi connectivity index (χ4n) is 10.3. The first kappa shape index (κ1) is 54.5. The SMILES string of the molecule is C.CCOCOc1ccc2nc(Nc3ccc(OC(F)(F)F)cc3)n([C@@H]3C[C@H](C)CC(C)(C)C3)c2c1.CCOCOc1ccc2nc(Nc3ccc(OC(F)(F)F)cc3)n([C@H]3C[C@@H](C)CC(C)(C)C3)c2c1. The van der Waals surface area contributed by atoms with Crippen LogP contribution in [-0.2, 0) is 9.47 Å². The van der Waals surface area contributed by atoms with E-state index in [0.29, 0.717) is 59.8 Å². The molecule has 388 valence electrons. The maximum absolute atomic E-state index is 12.5. The Kier molecular flexibility index (Phi) is 17.4. The molecule has 8 rings (SSSR count). The van der Waals surface area contributed by atoms with E-state index in [9.17, 15) is 26.3 Å². The van der Waals surface area contributed by atoms with Crippen molar-refractivity contribution in [1.29, 1.82) is 0 Å². The lowest BCUT2D eigenvalue weighted by Crippen LogP contribution is -2.29. The molecule has 0 unspecified atom stereocenters. The number of alkyl halides is 6. The van der Waals surface area contributed by atoms with Crippen molar-refractivity contribution in [3.63, 3.8) is 0 Å². The minimum Gasteiger partial charge on any atom is -0.467 e. The summed E-state index contributed by atoms with van der Waals surface area (Å²) in [5.74, 6) is 3.22. The molecule has 0 amide bonds. The minimum absolute atomic E-state index is 0. The van der Waals surface area contributed by atoms with E-state index < -0.39 is 12.7 Å². The third-order valence-corrected chi connectivity index (χ3v) is 12.5. The van der Waals surface area contributed by atoms with Crippen molar-refractivity contribution in [3.8, 4) is 23.0 Å². The third kappa shape index (κ3) is 15.1. The van der Waals surface area contributed by atoms with Gasteiger partial charge in [-0.25, -0.2) is 9.97 Å². The molecule has 2 aliphatic carbocycles. The maximum atomic E-state index is 12.5. The topological polar surface area (TPSA) is 115 Å². The number of aromatic nitrogens is 4. The van der Waals surface area contributed by atoms with Crippen LogP contribution < -0.4 is 29.6 Å². The van der Waals surface area contributed by atoms with E-state index in [2.05, 4.69) is 70.8 Å². The van der Waals surface area contributed by atoms with E-state index >= 15 is 0 Å². The molecule has 6 aromatic rings. The number of hydrogen-bond acceptors (Lipinski definition) is 10. The number of nitrogens with one attached hydrogen (secondary N) is 2. The van der Waals surface area contributed by atoms with E-state index in [-0.39, 0.29) is 55.4 Å². The quantitative estimate of drug-likeness (QED) is 0.0552. The van der Waals surface area contributed by atoms with Gasteiger partial charge in [0, 0.05) is 48.8 Å². The molecule has 2 saturated carbocycles. The van der Waals surface area contributed by atoms with Crippen LogP contribution in [-0.4, -0.2) is 58.6 Å². The average Bonchev–Trinajstić information content (AvgIpc) is 3.80. The Hall–Kier alpha value is -5.88. The molecule has 0 saturated heterocycles.